The third-order valence-electron chi connectivity index (χ3n) is 2.95. The molecule has 0 aliphatic heterocycles. The van der Waals surface area contributed by atoms with Crippen molar-refractivity contribution in [3.63, 3.8) is 0 Å². The Labute approximate surface area is 108 Å². The van der Waals surface area contributed by atoms with Crippen molar-refractivity contribution >= 4 is 16.7 Å². The minimum Gasteiger partial charge on any atom is -0.463 e. The Morgan fingerprint density at radius 3 is 2.53 bits per heavy atom. The molecule has 0 saturated heterocycles. The first-order chi connectivity index (χ1) is 9.15. The molecule has 0 aliphatic carbocycles. The molecule has 1 heterocycles. The minimum absolute atomic E-state index is 0.180. The van der Waals surface area contributed by atoms with E-state index >= 15 is 0 Å². The molecule has 0 unspecified atom stereocenters. The summed E-state index contributed by atoms with van der Waals surface area (Å²) in [5.41, 5.74) is 7.46. The second-order valence-corrected chi connectivity index (χ2v) is 4.24. The lowest BCUT2D eigenvalue weighted by Gasteiger charge is -2.03. The summed E-state index contributed by atoms with van der Waals surface area (Å²) in [6.45, 7) is 0. The summed E-state index contributed by atoms with van der Waals surface area (Å²) in [5.74, 6) is -0.349. The van der Waals surface area contributed by atoms with Crippen molar-refractivity contribution in [3.8, 4) is 11.1 Å². The van der Waals surface area contributed by atoms with E-state index in [0.717, 1.165) is 0 Å². The predicted octanol–water partition coefficient (Wildman–Crippen LogP) is 3.18. The topological polar surface area (TPSA) is 56.2 Å². The summed E-state index contributed by atoms with van der Waals surface area (Å²) in [6.07, 6.45) is 1.38. The third-order valence-corrected chi connectivity index (χ3v) is 2.95. The molecule has 4 heteroatoms. The molecule has 1 aromatic heterocycles. The van der Waals surface area contributed by atoms with E-state index in [2.05, 4.69) is 0 Å². The highest BCUT2D eigenvalue weighted by Gasteiger charge is 2.09. The van der Waals surface area contributed by atoms with Crippen LogP contribution in [0.2, 0.25) is 0 Å². The molecule has 0 bridgehead atoms. The molecular formula is C15H10FNO2. The van der Waals surface area contributed by atoms with Crippen LogP contribution < -0.4 is 11.2 Å². The molecule has 19 heavy (non-hydrogen) atoms. The Hall–Kier alpha value is -2.62. The van der Waals surface area contributed by atoms with Gasteiger partial charge in [-0.05, 0) is 35.9 Å². The quantitative estimate of drug-likeness (QED) is 0.679. The van der Waals surface area contributed by atoms with Gasteiger partial charge in [0.25, 0.3) is 0 Å². The van der Waals surface area contributed by atoms with Crippen LogP contribution in [0.3, 0.4) is 0 Å². The fourth-order valence-electron chi connectivity index (χ4n) is 1.98. The van der Waals surface area contributed by atoms with Crippen LogP contribution in [-0.2, 0) is 0 Å². The van der Waals surface area contributed by atoms with Crippen LogP contribution in [0.25, 0.3) is 22.1 Å². The number of anilines is 1. The lowest BCUT2D eigenvalue weighted by Crippen LogP contribution is -2.05. The molecule has 3 rings (SSSR count). The monoisotopic (exact) mass is 255 g/mol. The van der Waals surface area contributed by atoms with Gasteiger partial charge in [0, 0.05) is 5.69 Å². The molecule has 0 radical (unpaired) electrons. The summed E-state index contributed by atoms with van der Waals surface area (Å²) < 4.78 is 18.3. The van der Waals surface area contributed by atoms with Crippen molar-refractivity contribution in [1.82, 2.24) is 0 Å². The molecule has 2 aromatic carbocycles. The number of benzene rings is 2. The molecule has 0 amide bonds. The summed E-state index contributed by atoms with van der Waals surface area (Å²) in [6, 6.07) is 10.6. The zero-order chi connectivity index (χ0) is 13.4. The Kier molecular flexibility index (Phi) is 2.56. The van der Waals surface area contributed by atoms with E-state index in [1.165, 1.54) is 18.4 Å². The van der Waals surface area contributed by atoms with Crippen LogP contribution in [0.15, 0.2) is 57.9 Å². The van der Waals surface area contributed by atoms with Crippen molar-refractivity contribution < 1.29 is 8.81 Å². The first-order valence-corrected chi connectivity index (χ1v) is 5.72. The number of nitrogen functional groups attached to an aromatic ring is 1. The smallest absolute Gasteiger partial charge is 0.200 e. The van der Waals surface area contributed by atoms with Crippen LogP contribution in [0.5, 0.6) is 0 Å². The molecule has 2 N–H and O–H groups in total. The van der Waals surface area contributed by atoms with E-state index in [4.69, 9.17) is 10.2 Å². The maximum Gasteiger partial charge on any atom is 0.200 e. The third kappa shape index (κ3) is 1.97. The van der Waals surface area contributed by atoms with Gasteiger partial charge in [-0.2, -0.15) is 0 Å². The van der Waals surface area contributed by atoms with E-state index in [-0.39, 0.29) is 11.2 Å². The van der Waals surface area contributed by atoms with Crippen molar-refractivity contribution in [2.24, 2.45) is 0 Å². The van der Waals surface area contributed by atoms with Crippen molar-refractivity contribution in [3.05, 3.63) is 64.8 Å². The molecule has 3 nitrogen and oxygen atoms in total. The number of hydrogen-bond acceptors (Lipinski definition) is 3. The van der Waals surface area contributed by atoms with Gasteiger partial charge in [-0.15, -0.1) is 0 Å². The second kappa shape index (κ2) is 4.24. The summed E-state index contributed by atoms with van der Waals surface area (Å²) in [7, 11) is 0. The molecule has 0 saturated carbocycles. The molecule has 94 valence electrons. The highest BCUT2D eigenvalue weighted by Crippen LogP contribution is 2.21. The number of hydrogen-bond donors (Lipinski definition) is 1. The van der Waals surface area contributed by atoms with Crippen LogP contribution in [-0.4, -0.2) is 0 Å². The highest BCUT2D eigenvalue weighted by molar-refractivity contribution is 5.84. The van der Waals surface area contributed by atoms with Gasteiger partial charge < -0.3 is 10.2 Å². The fraction of sp³-hybridized carbons (Fsp3) is 0. The Morgan fingerprint density at radius 1 is 1.05 bits per heavy atom. The van der Waals surface area contributed by atoms with Gasteiger partial charge in [0.1, 0.15) is 17.7 Å². The van der Waals surface area contributed by atoms with E-state index in [1.807, 2.05) is 0 Å². The van der Waals surface area contributed by atoms with Gasteiger partial charge in [-0.1, -0.05) is 12.1 Å². The van der Waals surface area contributed by atoms with E-state index in [1.54, 1.807) is 30.3 Å². The Balaban J connectivity index is 2.28. The number of fused-ring (bicyclic) bond motifs is 1. The SMILES string of the molecule is Nc1ccc2occ(-c3ccc(F)cc3)c(=O)c2c1. The highest BCUT2D eigenvalue weighted by atomic mass is 19.1. The number of halogens is 1. The van der Waals surface area contributed by atoms with Crippen molar-refractivity contribution in [2.45, 2.75) is 0 Å². The minimum atomic E-state index is -0.349. The Morgan fingerprint density at radius 2 is 1.79 bits per heavy atom. The number of rotatable bonds is 1. The van der Waals surface area contributed by atoms with Crippen molar-refractivity contribution in [1.29, 1.82) is 0 Å². The normalized spacial score (nSPS) is 10.8. The average Bonchev–Trinajstić information content (AvgIpc) is 2.41. The predicted molar refractivity (Wildman–Crippen MR) is 72.3 cm³/mol. The zero-order valence-electron chi connectivity index (χ0n) is 9.89. The summed E-state index contributed by atoms with van der Waals surface area (Å²) >= 11 is 0. The lowest BCUT2D eigenvalue weighted by molar-refractivity contribution is 0.604. The first kappa shape index (κ1) is 11.5. The van der Waals surface area contributed by atoms with Crippen molar-refractivity contribution in [2.75, 3.05) is 5.73 Å². The van der Waals surface area contributed by atoms with Crippen LogP contribution in [0, 0.1) is 5.82 Å². The second-order valence-electron chi connectivity index (χ2n) is 4.24. The van der Waals surface area contributed by atoms with Gasteiger partial charge in [0.2, 0.25) is 5.43 Å². The van der Waals surface area contributed by atoms with Crippen LogP contribution in [0.1, 0.15) is 0 Å². The van der Waals surface area contributed by atoms with E-state index in [0.29, 0.717) is 27.8 Å². The van der Waals surface area contributed by atoms with Gasteiger partial charge in [0.15, 0.2) is 0 Å². The summed E-state index contributed by atoms with van der Waals surface area (Å²) in [4.78, 5) is 12.4. The maximum absolute atomic E-state index is 12.9. The average molecular weight is 255 g/mol. The fourth-order valence-corrected chi connectivity index (χ4v) is 1.98. The Bertz CT molecular complexity index is 806. The standard InChI is InChI=1S/C15H10FNO2/c16-10-3-1-9(2-4-10)13-8-19-14-6-5-11(17)7-12(14)15(13)18/h1-8H,17H2. The maximum atomic E-state index is 12.9. The van der Waals surface area contributed by atoms with E-state index < -0.39 is 0 Å². The zero-order valence-corrected chi connectivity index (χ0v) is 9.89. The van der Waals surface area contributed by atoms with Gasteiger partial charge in [-0.3, -0.25) is 4.79 Å². The molecule has 0 aliphatic rings. The largest absolute Gasteiger partial charge is 0.463 e. The summed E-state index contributed by atoms with van der Waals surface area (Å²) in [5, 5.41) is 0.418. The molecule has 0 atom stereocenters. The first-order valence-electron chi connectivity index (χ1n) is 5.72. The molecule has 0 fully saturated rings. The molecule has 3 aromatic rings. The molecular weight excluding hydrogens is 245 g/mol. The number of nitrogens with two attached hydrogens (primary N) is 1. The van der Waals surface area contributed by atoms with Crippen LogP contribution in [0.4, 0.5) is 10.1 Å². The van der Waals surface area contributed by atoms with Gasteiger partial charge in [-0.25, -0.2) is 4.39 Å². The lowest BCUT2D eigenvalue weighted by atomic mass is 10.1. The molecule has 0 spiro atoms. The van der Waals surface area contributed by atoms with Gasteiger partial charge >= 0.3 is 0 Å². The van der Waals surface area contributed by atoms with Gasteiger partial charge in [0.05, 0.1) is 10.9 Å². The van der Waals surface area contributed by atoms with Crippen LogP contribution >= 0.6 is 0 Å². The van der Waals surface area contributed by atoms with E-state index in [9.17, 15) is 9.18 Å².